The number of rotatable bonds is 3. The van der Waals surface area contributed by atoms with E-state index in [-0.39, 0.29) is 30.2 Å². The van der Waals surface area contributed by atoms with Crippen molar-refractivity contribution in [1.29, 1.82) is 0 Å². The van der Waals surface area contributed by atoms with E-state index in [9.17, 15) is 5.11 Å². The van der Waals surface area contributed by atoms with Crippen molar-refractivity contribution in [1.82, 2.24) is 20.0 Å². The van der Waals surface area contributed by atoms with Crippen LogP contribution in [0.25, 0.3) is 0 Å². The molecule has 2 N–H and O–H groups in total. The number of nitrogens with one attached hydrogen (secondary N) is 1. The molecule has 3 aliphatic rings. The summed E-state index contributed by atoms with van der Waals surface area (Å²) in [6.07, 6.45) is 4.95. The first-order chi connectivity index (χ1) is 10.3. The van der Waals surface area contributed by atoms with Crippen LogP contribution >= 0.6 is 24.8 Å². The standard InChI is InChI=1S/C16H26N4O.2ClH/c21-12-16-4-1-3-13(16)9-19(11-16)10-14-7-15-8-17-5-2-6-20(15)18-14;;/h7,13,17,21H,1-6,8-12H2;2*1H/t13-,16+;;/m1../s1. The number of aliphatic hydroxyl groups is 1. The molecule has 0 unspecified atom stereocenters. The van der Waals surface area contributed by atoms with Gasteiger partial charge in [0.1, 0.15) is 0 Å². The number of fused-ring (bicyclic) bond motifs is 2. The third-order valence-electron chi connectivity index (χ3n) is 5.75. The minimum absolute atomic E-state index is 0. The van der Waals surface area contributed by atoms with Crippen LogP contribution in [-0.4, -0.2) is 46.0 Å². The minimum atomic E-state index is 0. The highest BCUT2D eigenvalue weighted by Gasteiger charge is 2.48. The summed E-state index contributed by atoms with van der Waals surface area (Å²) in [5.74, 6) is 0.699. The predicted octanol–water partition coefficient (Wildman–Crippen LogP) is 1.81. The minimum Gasteiger partial charge on any atom is -0.396 e. The maximum atomic E-state index is 9.82. The highest BCUT2D eigenvalue weighted by molar-refractivity contribution is 5.85. The molecule has 1 aromatic heterocycles. The number of aliphatic hydroxyl groups excluding tert-OH is 1. The Kier molecular flexibility index (Phi) is 6.36. The van der Waals surface area contributed by atoms with Crippen LogP contribution in [-0.2, 0) is 19.6 Å². The topological polar surface area (TPSA) is 53.3 Å². The van der Waals surface area contributed by atoms with Crippen molar-refractivity contribution in [2.45, 2.75) is 45.3 Å². The number of hydrogen-bond donors (Lipinski definition) is 2. The number of aromatic nitrogens is 2. The van der Waals surface area contributed by atoms with Crippen molar-refractivity contribution in [3.63, 3.8) is 0 Å². The fourth-order valence-electron chi connectivity index (χ4n) is 4.63. The fourth-order valence-corrected chi connectivity index (χ4v) is 4.63. The van der Waals surface area contributed by atoms with Gasteiger partial charge in [-0.25, -0.2) is 0 Å². The Balaban J connectivity index is 0.000000960. The molecule has 1 saturated carbocycles. The van der Waals surface area contributed by atoms with E-state index in [1.165, 1.54) is 30.7 Å². The second-order valence-electron chi connectivity index (χ2n) is 7.16. The zero-order valence-electron chi connectivity index (χ0n) is 13.5. The first kappa shape index (κ1) is 19.0. The van der Waals surface area contributed by atoms with Gasteiger partial charge in [0.25, 0.3) is 0 Å². The van der Waals surface area contributed by atoms with Crippen molar-refractivity contribution in [2.24, 2.45) is 11.3 Å². The van der Waals surface area contributed by atoms with E-state index in [2.05, 4.69) is 21.0 Å². The van der Waals surface area contributed by atoms with Gasteiger partial charge in [-0.3, -0.25) is 9.58 Å². The van der Waals surface area contributed by atoms with Gasteiger partial charge in [0, 0.05) is 38.1 Å². The van der Waals surface area contributed by atoms with Gasteiger partial charge in [0.05, 0.1) is 18.0 Å². The molecule has 7 heteroatoms. The average Bonchev–Trinajstić information content (AvgIpc) is 3.08. The van der Waals surface area contributed by atoms with Gasteiger partial charge in [0.2, 0.25) is 0 Å². The van der Waals surface area contributed by atoms with Gasteiger partial charge < -0.3 is 10.4 Å². The van der Waals surface area contributed by atoms with Crippen LogP contribution < -0.4 is 5.32 Å². The summed E-state index contributed by atoms with van der Waals surface area (Å²) in [6, 6.07) is 2.26. The van der Waals surface area contributed by atoms with Gasteiger partial charge >= 0.3 is 0 Å². The number of nitrogens with zero attached hydrogens (tertiary/aromatic N) is 3. The van der Waals surface area contributed by atoms with Crippen LogP contribution in [0.3, 0.4) is 0 Å². The molecule has 5 nitrogen and oxygen atoms in total. The number of aryl methyl sites for hydroxylation is 1. The molecule has 2 fully saturated rings. The normalized spacial score (nSPS) is 30.0. The summed E-state index contributed by atoms with van der Waals surface area (Å²) in [4.78, 5) is 2.51. The second-order valence-corrected chi connectivity index (χ2v) is 7.16. The third-order valence-corrected chi connectivity index (χ3v) is 5.75. The van der Waals surface area contributed by atoms with E-state index < -0.39 is 0 Å². The molecule has 2 atom stereocenters. The van der Waals surface area contributed by atoms with Gasteiger partial charge in [-0.1, -0.05) is 6.42 Å². The molecule has 1 saturated heterocycles. The van der Waals surface area contributed by atoms with Gasteiger partial charge in [0.15, 0.2) is 0 Å². The van der Waals surface area contributed by atoms with Crippen molar-refractivity contribution >= 4 is 24.8 Å². The lowest BCUT2D eigenvalue weighted by molar-refractivity contribution is 0.111. The molecule has 0 aromatic carbocycles. The van der Waals surface area contributed by atoms with Crippen LogP contribution in [0.1, 0.15) is 37.1 Å². The molecule has 2 aliphatic heterocycles. The number of likely N-dealkylation sites (tertiary alicyclic amines) is 1. The molecule has 23 heavy (non-hydrogen) atoms. The quantitative estimate of drug-likeness (QED) is 0.860. The van der Waals surface area contributed by atoms with E-state index in [0.717, 1.165) is 45.7 Å². The summed E-state index contributed by atoms with van der Waals surface area (Å²) in [7, 11) is 0. The highest BCUT2D eigenvalue weighted by atomic mass is 35.5. The Bertz CT molecular complexity index is 501. The second kappa shape index (κ2) is 7.70. The number of hydrogen-bond acceptors (Lipinski definition) is 4. The van der Waals surface area contributed by atoms with Crippen molar-refractivity contribution in [2.75, 3.05) is 26.2 Å². The van der Waals surface area contributed by atoms with E-state index in [1.54, 1.807) is 0 Å². The van der Waals surface area contributed by atoms with E-state index >= 15 is 0 Å². The Morgan fingerprint density at radius 2 is 2.22 bits per heavy atom. The predicted molar refractivity (Wildman–Crippen MR) is 95.2 cm³/mol. The largest absolute Gasteiger partial charge is 0.396 e. The maximum Gasteiger partial charge on any atom is 0.0768 e. The Hall–Kier alpha value is -0.330. The summed E-state index contributed by atoms with van der Waals surface area (Å²) < 4.78 is 2.17. The Morgan fingerprint density at radius 3 is 3.00 bits per heavy atom. The zero-order valence-corrected chi connectivity index (χ0v) is 15.2. The van der Waals surface area contributed by atoms with E-state index in [0.29, 0.717) is 12.5 Å². The molecule has 0 radical (unpaired) electrons. The molecule has 4 rings (SSSR count). The molecule has 1 aliphatic carbocycles. The summed E-state index contributed by atoms with van der Waals surface area (Å²) in [6.45, 7) is 6.55. The Morgan fingerprint density at radius 1 is 1.35 bits per heavy atom. The van der Waals surface area contributed by atoms with Gasteiger partial charge in [-0.2, -0.15) is 5.10 Å². The van der Waals surface area contributed by atoms with E-state index in [1.807, 2.05) is 0 Å². The highest BCUT2D eigenvalue weighted by Crippen LogP contribution is 2.48. The van der Waals surface area contributed by atoms with Gasteiger partial charge in [-0.15, -0.1) is 24.8 Å². The average molecular weight is 363 g/mol. The summed E-state index contributed by atoms with van der Waals surface area (Å²) >= 11 is 0. The molecule has 0 spiro atoms. The zero-order chi connectivity index (χ0) is 14.3. The van der Waals surface area contributed by atoms with Crippen LogP contribution in [0, 0.1) is 11.3 Å². The van der Waals surface area contributed by atoms with Crippen molar-refractivity contribution < 1.29 is 5.11 Å². The van der Waals surface area contributed by atoms with Crippen molar-refractivity contribution in [3.05, 3.63) is 17.5 Å². The Labute approximate surface area is 150 Å². The first-order valence-corrected chi connectivity index (χ1v) is 8.39. The lowest BCUT2D eigenvalue weighted by atomic mass is 9.82. The van der Waals surface area contributed by atoms with Crippen LogP contribution in [0.15, 0.2) is 6.07 Å². The third kappa shape index (κ3) is 3.54. The van der Waals surface area contributed by atoms with Crippen LogP contribution in [0.2, 0.25) is 0 Å². The summed E-state index contributed by atoms with van der Waals surface area (Å²) in [5, 5.41) is 18.1. The van der Waals surface area contributed by atoms with Crippen LogP contribution in [0.5, 0.6) is 0 Å². The number of halogens is 2. The smallest absolute Gasteiger partial charge is 0.0768 e. The molecule has 0 amide bonds. The lowest BCUT2D eigenvalue weighted by Crippen LogP contribution is -2.30. The van der Waals surface area contributed by atoms with E-state index in [4.69, 9.17) is 5.10 Å². The van der Waals surface area contributed by atoms with Crippen LogP contribution in [0.4, 0.5) is 0 Å². The lowest BCUT2D eigenvalue weighted by Gasteiger charge is -2.26. The summed E-state index contributed by atoms with van der Waals surface area (Å²) in [5.41, 5.74) is 2.71. The van der Waals surface area contributed by atoms with Gasteiger partial charge in [-0.05, 0) is 37.8 Å². The molecule has 3 heterocycles. The molecule has 132 valence electrons. The monoisotopic (exact) mass is 362 g/mol. The maximum absolute atomic E-state index is 9.82. The van der Waals surface area contributed by atoms with Crippen molar-refractivity contribution in [3.8, 4) is 0 Å². The molecular formula is C16H28Cl2N4O. The fraction of sp³-hybridized carbons (Fsp3) is 0.812. The first-order valence-electron chi connectivity index (χ1n) is 8.39. The molecular weight excluding hydrogens is 335 g/mol. The SMILES string of the molecule is Cl.Cl.OC[C@@]12CCC[C@@H]1CN(Cc1cc3n(n1)CCCNC3)C2. The molecule has 1 aromatic rings. The molecule has 0 bridgehead atoms.